The molecular weight excluding hydrogens is 296 g/mol. The predicted octanol–water partition coefficient (Wildman–Crippen LogP) is 1.48. The Morgan fingerprint density at radius 3 is 3.04 bits per heavy atom. The molecule has 2 heterocycles. The van der Waals surface area contributed by atoms with Crippen LogP contribution in [0.15, 0.2) is 6.20 Å². The fourth-order valence-electron chi connectivity index (χ4n) is 2.73. The van der Waals surface area contributed by atoms with E-state index in [1.54, 1.807) is 21.0 Å². The SMILES string of the molecule is CCOC(=O)c1cnc(NC2CCCN(CCOC)C2)nc1C. The number of methoxy groups -OCH3 is 1. The normalized spacial score (nSPS) is 18.7. The number of nitrogens with one attached hydrogen (secondary N) is 1. The Hall–Kier alpha value is -1.73. The van der Waals surface area contributed by atoms with Crippen molar-refractivity contribution in [2.75, 3.05) is 45.3 Å². The Morgan fingerprint density at radius 1 is 1.52 bits per heavy atom. The van der Waals surface area contributed by atoms with Crippen LogP contribution in [0.25, 0.3) is 0 Å². The van der Waals surface area contributed by atoms with Crippen molar-refractivity contribution in [1.29, 1.82) is 0 Å². The first kappa shape index (κ1) is 17.6. The van der Waals surface area contributed by atoms with Gasteiger partial charge in [-0.3, -0.25) is 4.90 Å². The molecule has 1 aliphatic heterocycles. The third kappa shape index (κ3) is 5.14. The van der Waals surface area contributed by atoms with Crippen molar-refractivity contribution in [3.05, 3.63) is 17.5 Å². The van der Waals surface area contributed by atoms with E-state index >= 15 is 0 Å². The Morgan fingerprint density at radius 2 is 2.35 bits per heavy atom. The molecule has 1 aromatic heterocycles. The molecule has 7 heteroatoms. The van der Waals surface area contributed by atoms with Crippen LogP contribution in [0.1, 0.15) is 35.8 Å². The molecule has 0 saturated carbocycles. The number of piperidine rings is 1. The van der Waals surface area contributed by atoms with Crippen LogP contribution >= 0.6 is 0 Å². The third-order valence-corrected chi connectivity index (χ3v) is 3.93. The standard InChI is InChI=1S/C16H26N4O3/c1-4-23-15(21)14-10-17-16(18-12(14)2)19-13-6-5-7-20(11-13)8-9-22-3/h10,13H,4-9,11H2,1-3H3,(H,17,18,19). The van der Waals surface area contributed by atoms with Crippen LogP contribution in [0.5, 0.6) is 0 Å². The lowest BCUT2D eigenvalue weighted by atomic mass is 10.1. The highest BCUT2D eigenvalue weighted by atomic mass is 16.5. The maximum absolute atomic E-state index is 11.8. The highest BCUT2D eigenvalue weighted by Gasteiger charge is 2.21. The summed E-state index contributed by atoms with van der Waals surface area (Å²) in [7, 11) is 1.72. The van der Waals surface area contributed by atoms with Gasteiger partial charge in [-0.2, -0.15) is 0 Å². The topological polar surface area (TPSA) is 76.6 Å². The number of anilines is 1. The molecule has 1 unspecified atom stereocenters. The lowest BCUT2D eigenvalue weighted by molar-refractivity contribution is 0.0524. The number of esters is 1. The molecule has 1 aliphatic rings. The summed E-state index contributed by atoms with van der Waals surface area (Å²) in [5.41, 5.74) is 1.05. The average molecular weight is 322 g/mol. The first-order chi connectivity index (χ1) is 11.1. The van der Waals surface area contributed by atoms with Gasteiger partial charge < -0.3 is 14.8 Å². The van der Waals surface area contributed by atoms with E-state index in [1.165, 1.54) is 6.20 Å². The van der Waals surface area contributed by atoms with Gasteiger partial charge in [0, 0.05) is 32.4 Å². The Labute approximate surface area is 137 Å². The van der Waals surface area contributed by atoms with Crippen LogP contribution in [0.4, 0.5) is 5.95 Å². The zero-order chi connectivity index (χ0) is 16.7. The highest BCUT2D eigenvalue weighted by Crippen LogP contribution is 2.15. The molecule has 0 bridgehead atoms. The zero-order valence-corrected chi connectivity index (χ0v) is 14.2. The van der Waals surface area contributed by atoms with Crippen LogP contribution in [0.2, 0.25) is 0 Å². The molecule has 0 aliphatic carbocycles. The molecule has 0 radical (unpaired) electrons. The number of aromatic nitrogens is 2. The van der Waals surface area contributed by atoms with Crippen molar-refractivity contribution >= 4 is 11.9 Å². The highest BCUT2D eigenvalue weighted by molar-refractivity contribution is 5.90. The van der Waals surface area contributed by atoms with Crippen molar-refractivity contribution in [1.82, 2.24) is 14.9 Å². The van der Waals surface area contributed by atoms with E-state index in [9.17, 15) is 4.79 Å². The first-order valence-electron chi connectivity index (χ1n) is 8.12. The summed E-state index contributed by atoms with van der Waals surface area (Å²) >= 11 is 0. The number of hydrogen-bond acceptors (Lipinski definition) is 7. The zero-order valence-electron chi connectivity index (χ0n) is 14.2. The molecular formula is C16H26N4O3. The third-order valence-electron chi connectivity index (χ3n) is 3.93. The average Bonchev–Trinajstić information content (AvgIpc) is 2.53. The largest absolute Gasteiger partial charge is 0.462 e. The number of hydrogen-bond donors (Lipinski definition) is 1. The van der Waals surface area contributed by atoms with Crippen LogP contribution in [-0.2, 0) is 9.47 Å². The van der Waals surface area contributed by atoms with Gasteiger partial charge in [0.2, 0.25) is 5.95 Å². The van der Waals surface area contributed by atoms with Gasteiger partial charge in [-0.15, -0.1) is 0 Å². The Kier molecular flexibility index (Phi) is 6.73. The maximum Gasteiger partial charge on any atom is 0.341 e. The molecule has 1 saturated heterocycles. The van der Waals surface area contributed by atoms with Crippen LogP contribution in [-0.4, -0.2) is 66.8 Å². The van der Waals surface area contributed by atoms with Gasteiger partial charge in [0.1, 0.15) is 0 Å². The van der Waals surface area contributed by atoms with Gasteiger partial charge in [0.15, 0.2) is 0 Å². The van der Waals surface area contributed by atoms with Gasteiger partial charge in [-0.1, -0.05) is 0 Å². The number of rotatable bonds is 7. The Balaban J connectivity index is 1.94. The second-order valence-electron chi connectivity index (χ2n) is 5.69. The summed E-state index contributed by atoms with van der Waals surface area (Å²) in [5, 5.41) is 3.37. The number of ether oxygens (including phenoxy) is 2. The predicted molar refractivity (Wildman–Crippen MR) is 87.7 cm³/mol. The maximum atomic E-state index is 11.8. The second kappa shape index (κ2) is 8.79. The molecule has 1 aromatic rings. The minimum atomic E-state index is -0.375. The smallest absolute Gasteiger partial charge is 0.341 e. The molecule has 1 atom stereocenters. The number of nitrogens with zero attached hydrogens (tertiary/aromatic N) is 3. The van der Waals surface area contributed by atoms with Crippen molar-refractivity contribution in [2.45, 2.75) is 32.7 Å². The minimum Gasteiger partial charge on any atom is -0.462 e. The molecule has 0 aromatic carbocycles. The van der Waals surface area contributed by atoms with E-state index < -0.39 is 0 Å². The van der Waals surface area contributed by atoms with Crippen LogP contribution in [0, 0.1) is 6.92 Å². The summed E-state index contributed by atoms with van der Waals surface area (Å²) in [6.07, 6.45) is 3.76. The van der Waals surface area contributed by atoms with E-state index in [-0.39, 0.29) is 5.97 Å². The van der Waals surface area contributed by atoms with E-state index in [0.717, 1.165) is 39.1 Å². The van der Waals surface area contributed by atoms with E-state index in [1.807, 2.05) is 0 Å². The van der Waals surface area contributed by atoms with E-state index in [4.69, 9.17) is 9.47 Å². The van der Waals surface area contributed by atoms with Crippen LogP contribution < -0.4 is 5.32 Å². The molecule has 7 nitrogen and oxygen atoms in total. The first-order valence-corrected chi connectivity index (χ1v) is 8.12. The monoisotopic (exact) mass is 322 g/mol. The molecule has 23 heavy (non-hydrogen) atoms. The van der Waals surface area contributed by atoms with Gasteiger partial charge in [0.25, 0.3) is 0 Å². The second-order valence-corrected chi connectivity index (χ2v) is 5.69. The number of aryl methyl sites for hydroxylation is 1. The van der Waals surface area contributed by atoms with E-state index in [2.05, 4.69) is 20.2 Å². The summed E-state index contributed by atoms with van der Waals surface area (Å²) < 4.78 is 10.1. The lowest BCUT2D eigenvalue weighted by Gasteiger charge is -2.32. The van der Waals surface area contributed by atoms with E-state index in [0.29, 0.717) is 29.9 Å². The summed E-state index contributed by atoms with van der Waals surface area (Å²) in [4.78, 5) is 22.8. The molecule has 1 fully saturated rings. The summed E-state index contributed by atoms with van der Waals surface area (Å²) in [6.45, 7) is 7.66. The molecule has 0 spiro atoms. The number of likely N-dealkylation sites (tertiary alicyclic amines) is 1. The number of carbonyl (C=O) groups is 1. The number of carbonyl (C=O) groups excluding carboxylic acids is 1. The van der Waals surface area contributed by atoms with Crippen molar-refractivity contribution < 1.29 is 14.3 Å². The van der Waals surface area contributed by atoms with Gasteiger partial charge in [-0.05, 0) is 33.2 Å². The fourth-order valence-corrected chi connectivity index (χ4v) is 2.73. The van der Waals surface area contributed by atoms with Gasteiger partial charge in [-0.25, -0.2) is 14.8 Å². The molecule has 1 N–H and O–H groups in total. The molecule has 2 rings (SSSR count). The summed E-state index contributed by atoms with van der Waals surface area (Å²) in [5.74, 6) is 0.189. The van der Waals surface area contributed by atoms with Crippen molar-refractivity contribution in [3.63, 3.8) is 0 Å². The molecule has 0 amide bonds. The fraction of sp³-hybridized carbons (Fsp3) is 0.688. The van der Waals surface area contributed by atoms with Crippen molar-refractivity contribution in [2.24, 2.45) is 0 Å². The molecule has 128 valence electrons. The lowest BCUT2D eigenvalue weighted by Crippen LogP contribution is -2.43. The van der Waals surface area contributed by atoms with Crippen molar-refractivity contribution in [3.8, 4) is 0 Å². The van der Waals surface area contributed by atoms with Crippen LogP contribution in [0.3, 0.4) is 0 Å². The van der Waals surface area contributed by atoms with Gasteiger partial charge in [0.05, 0.1) is 24.5 Å². The summed E-state index contributed by atoms with van der Waals surface area (Å²) in [6, 6.07) is 0.313. The van der Waals surface area contributed by atoms with Gasteiger partial charge >= 0.3 is 5.97 Å². The quantitative estimate of drug-likeness (QED) is 0.762. The minimum absolute atomic E-state index is 0.313. The Bertz CT molecular complexity index is 524.